The number of anilines is 1. The molecule has 5 nitrogen and oxygen atoms in total. The minimum atomic E-state index is -4.59. The number of halogens is 3. The van der Waals surface area contributed by atoms with Crippen LogP contribution >= 0.6 is 0 Å². The van der Waals surface area contributed by atoms with Gasteiger partial charge in [0, 0.05) is 18.8 Å². The highest BCUT2D eigenvalue weighted by Gasteiger charge is 2.40. The number of nitrogens with zero attached hydrogens (tertiary/aromatic N) is 2. The van der Waals surface area contributed by atoms with Crippen molar-refractivity contribution in [1.29, 1.82) is 0 Å². The summed E-state index contributed by atoms with van der Waals surface area (Å²) in [5.41, 5.74) is 1.88. The van der Waals surface area contributed by atoms with Crippen molar-refractivity contribution in [3.8, 4) is 0 Å². The number of hydrogen-bond acceptors (Lipinski definition) is 3. The Morgan fingerprint density at radius 2 is 1.92 bits per heavy atom. The van der Waals surface area contributed by atoms with Crippen LogP contribution < -0.4 is 4.90 Å². The molecule has 1 saturated heterocycles. The van der Waals surface area contributed by atoms with Gasteiger partial charge in [-0.25, -0.2) is 4.79 Å². The van der Waals surface area contributed by atoms with E-state index in [0.29, 0.717) is 25.3 Å². The van der Waals surface area contributed by atoms with Gasteiger partial charge in [0.25, 0.3) is 0 Å². The molecule has 2 aliphatic rings. The molecular formula is C18H21F3N2O3. The number of alkyl halides is 3. The summed E-state index contributed by atoms with van der Waals surface area (Å²) < 4.78 is 41.2. The van der Waals surface area contributed by atoms with Gasteiger partial charge in [-0.15, -0.1) is 0 Å². The Bertz CT molecular complexity index is 693. The largest absolute Gasteiger partial charge is 0.440 e. The molecule has 2 heterocycles. The third-order valence-electron chi connectivity index (χ3n) is 4.94. The van der Waals surface area contributed by atoms with Gasteiger partial charge < -0.3 is 9.64 Å². The Balaban J connectivity index is 1.75. The van der Waals surface area contributed by atoms with Crippen LogP contribution in [0.15, 0.2) is 24.3 Å². The van der Waals surface area contributed by atoms with E-state index in [0.717, 1.165) is 22.6 Å². The summed E-state index contributed by atoms with van der Waals surface area (Å²) in [5.74, 6) is 0.0671. The third-order valence-corrected chi connectivity index (χ3v) is 4.94. The molecule has 0 aromatic heterocycles. The van der Waals surface area contributed by atoms with Gasteiger partial charge in [-0.1, -0.05) is 25.1 Å². The second-order valence-corrected chi connectivity index (χ2v) is 6.76. The number of hydrogen-bond donors (Lipinski definition) is 0. The van der Waals surface area contributed by atoms with Crippen LogP contribution in [-0.2, 0) is 9.53 Å². The zero-order valence-corrected chi connectivity index (χ0v) is 14.5. The number of carbonyl (C=O) groups is 2. The first kappa shape index (κ1) is 18.5. The van der Waals surface area contributed by atoms with Gasteiger partial charge in [0.05, 0.1) is 0 Å². The van der Waals surface area contributed by atoms with E-state index in [1.165, 1.54) is 0 Å². The van der Waals surface area contributed by atoms with Crippen molar-refractivity contribution >= 4 is 17.7 Å². The van der Waals surface area contributed by atoms with Gasteiger partial charge in [-0.3, -0.25) is 9.69 Å². The minimum Gasteiger partial charge on any atom is -0.440 e. The Hall–Kier alpha value is -2.25. The molecule has 0 bridgehead atoms. The molecule has 0 aliphatic carbocycles. The standard InChI is InChI=1S/C18H21F3N2O3/c1-12-8-10-22(14-6-3-2-5-13(12)14)16(24)15-7-4-9-23(15)17(25)26-11-18(19,20)21/h2-3,5-6,12,15H,4,7-11H2,1H3/t12-,15-/m1/s1. The van der Waals surface area contributed by atoms with Crippen LogP contribution in [0.25, 0.3) is 0 Å². The van der Waals surface area contributed by atoms with Crippen LogP contribution in [0.5, 0.6) is 0 Å². The van der Waals surface area contributed by atoms with E-state index in [-0.39, 0.29) is 12.5 Å². The quantitative estimate of drug-likeness (QED) is 0.798. The summed E-state index contributed by atoms with van der Waals surface area (Å²) in [7, 11) is 0. The molecule has 2 atom stereocenters. The molecular weight excluding hydrogens is 349 g/mol. The summed E-state index contributed by atoms with van der Waals surface area (Å²) in [4.78, 5) is 27.8. The van der Waals surface area contributed by atoms with Crippen LogP contribution in [0.2, 0.25) is 0 Å². The highest BCUT2D eigenvalue weighted by molar-refractivity contribution is 6.00. The van der Waals surface area contributed by atoms with Crippen LogP contribution in [0, 0.1) is 0 Å². The van der Waals surface area contributed by atoms with Crippen molar-refractivity contribution in [3.05, 3.63) is 29.8 Å². The molecule has 1 fully saturated rings. The molecule has 2 amide bonds. The maximum absolute atomic E-state index is 13.0. The first-order chi connectivity index (χ1) is 12.3. The first-order valence-electron chi connectivity index (χ1n) is 8.68. The summed E-state index contributed by atoms with van der Waals surface area (Å²) >= 11 is 0. The summed E-state index contributed by atoms with van der Waals surface area (Å²) in [5, 5.41) is 0. The molecule has 142 valence electrons. The number of para-hydroxylation sites is 1. The van der Waals surface area contributed by atoms with E-state index in [2.05, 4.69) is 11.7 Å². The fourth-order valence-corrected chi connectivity index (χ4v) is 3.63. The van der Waals surface area contributed by atoms with Gasteiger partial charge in [0.1, 0.15) is 6.04 Å². The lowest BCUT2D eigenvalue weighted by molar-refractivity contribution is -0.162. The van der Waals surface area contributed by atoms with E-state index in [1.54, 1.807) is 4.90 Å². The summed E-state index contributed by atoms with van der Waals surface area (Å²) in [6, 6.07) is 6.83. The lowest BCUT2D eigenvalue weighted by Gasteiger charge is -2.36. The van der Waals surface area contributed by atoms with E-state index >= 15 is 0 Å². The Morgan fingerprint density at radius 3 is 2.65 bits per heavy atom. The summed E-state index contributed by atoms with van der Waals surface area (Å²) in [6.07, 6.45) is -3.89. The van der Waals surface area contributed by atoms with Crippen LogP contribution in [-0.4, -0.2) is 48.8 Å². The normalized spacial score (nSPS) is 22.9. The van der Waals surface area contributed by atoms with Crippen molar-refractivity contribution in [3.63, 3.8) is 0 Å². The van der Waals surface area contributed by atoms with E-state index in [1.807, 2.05) is 24.3 Å². The van der Waals surface area contributed by atoms with Gasteiger partial charge in [0.15, 0.2) is 6.61 Å². The second-order valence-electron chi connectivity index (χ2n) is 6.76. The first-order valence-corrected chi connectivity index (χ1v) is 8.68. The van der Waals surface area contributed by atoms with Crippen LogP contribution in [0.1, 0.15) is 37.7 Å². The average molecular weight is 370 g/mol. The summed E-state index contributed by atoms with van der Waals surface area (Å²) in [6.45, 7) is 1.20. The second kappa shape index (κ2) is 7.17. The number of benzene rings is 1. The van der Waals surface area contributed by atoms with Crippen LogP contribution in [0.4, 0.5) is 23.7 Å². The van der Waals surface area contributed by atoms with Crippen molar-refractivity contribution in [1.82, 2.24) is 4.90 Å². The molecule has 0 saturated carbocycles. The molecule has 1 aromatic rings. The molecule has 26 heavy (non-hydrogen) atoms. The number of likely N-dealkylation sites (tertiary alicyclic amines) is 1. The highest BCUT2D eigenvalue weighted by Crippen LogP contribution is 2.36. The predicted molar refractivity (Wildman–Crippen MR) is 89.0 cm³/mol. The molecule has 8 heteroatoms. The maximum Gasteiger partial charge on any atom is 0.422 e. The monoisotopic (exact) mass is 370 g/mol. The lowest BCUT2D eigenvalue weighted by atomic mass is 9.91. The smallest absolute Gasteiger partial charge is 0.422 e. The lowest BCUT2D eigenvalue weighted by Crippen LogP contribution is -2.50. The Kier molecular flexibility index (Phi) is 5.11. The van der Waals surface area contributed by atoms with Crippen LogP contribution in [0.3, 0.4) is 0 Å². The number of fused-ring (bicyclic) bond motifs is 1. The van der Waals surface area contributed by atoms with Crippen molar-refractivity contribution in [2.75, 3.05) is 24.6 Å². The van der Waals surface area contributed by atoms with Gasteiger partial charge >= 0.3 is 12.3 Å². The molecule has 0 unspecified atom stereocenters. The predicted octanol–water partition coefficient (Wildman–Crippen LogP) is 3.69. The van der Waals surface area contributed by atoms with Crippen molar-refractivity contribution in [2.45, 2.75) is 44.3 Å². The number of carbonyl (C=O) groups excluding carboxylic acids is 2. The zero-order chi connectivity index (χ0) is 18.9. The molecule has 1 aromatic carbocycles. The maximum atomic E-state index is 13.0. The zero-order valence-electron chi connectivity index (χ0n) is 14.5. The number of amides is 2. The molecule has 0 radical (unpaired) electrons. The van der Waals surface area contributed by atoms with E-state index in [4.69, 9.17) is 0 Å². The average Bonchev–Trinajstić information content (AvgIpc) is 3.09. The topological polar surface area (TPSA) is 49.9 Å². The fourth-order valence-electron chi connectivity index (χ4n) is 3.63. The van der Waals surface area contributed by atoms with Crippen molar-refractivity contribution < 1.29 is 27.5 Å². The van der Waals surface area contributed by atoms with Gasteiger partial charge in [0.2, 0.25) is 5.91 Å². The van der Waals surface area contributed by atoms with E-state index in [9.17, 15) is 22.8 Å². The molecule has 0 N–H and O–H groups in total. The number of ether oxygens (including phenoxy) is 1. The minimum absolute atomic E-state index is 0.221. The number of rotatable bonds is 2. The van der Waals surface area contributed by atoms with Crippen molar-refractivity contribution in [2.24, 2.45) is 0 Å². The van der Waals surface area contributed by atoms with Gasteiger partial charge in [-0.05, 0) is 36.8 Å². The Morgan fingerprint density at radius 1 is 1.19 bits per heavy atom. The molecule has 3 rings (SSSR count). The SMILES string of the molecule is C[C@@H]1CCN(C(=O)[C@H]2CCCN2C(=O)OCC(F)(F)F)c2ccccc21. The highest BCUT2D eigenvalue weighted by atomic mass is 19.4. The van der Waals surface area contributed by atoms with Gasteiger partial charge in [-0.2, -0.15) is 13.2 Å². The third kappa shape index (κ3) is 3.78. The van der Waals surface area contributed by atoms with E-state index < -0.39 is 24.9 Å². The molecule has 2 aliphatic heterocycles. The Labute approximate surface area is 149 Å². The fraction of sp³-hybridized carbons (Fsp3) is 0.556. The molecule has 0 spiro atoms.